The molecule has 0 radical (unpaired) electrons. The maximum Gasteiger partial charge on any atom is 0.0353 e. The van der Waals surface area contributed by atoms with Crippen LogP contribution in [0.1, 0.15) is 40.5 Å². The van der Waals surface area contributed by atoms with E-state index in [4.69, 9.17) is 0 Å². The van der Waals surface area contributed by atoms with Gasteiger partial charge in [0, 0.05) is 30.7 Å². The highest BCUT2D eigenvalue weighted by atomic mass is 15.4. The minimum absolute atomic E-state index is 0.374. The molecule has 82 valence electrons. The van der Waals surface area contributed by atoms with Gasteiger partial charge in [-0.05, 0) is 47.1 Å². The van der Waals surface area contributed by atoms with Gasteiger partial charge in [-0.15, -0.1) is 0 Å². The fraction of sp³-hybridized carbons (Fsp3) is 1.00. The first-order valence-electron chi connectivity index (χ1n) is 5.99. The van der Waals surface area contributed by atoms with Crippen LogP contribution < -0.4 is 0 Å². The van der Waals surface area contributed by atoms with Gasteiger partial charge in [0.25, 0.3) is 0 Å². The maximum absolute atomic E-state index is 2.71. The molecule has 2 saturated heterocycles. The average molecular weight is 196 g/mol. The molecule has 2 rings (SSSR count). The molecule has 2 heterocycles. The first-order chi connectivity index (χ1) is 6.48. The Bertz CT molecular complexity index is 201. The third-order valence-corrected chi connectivity index (χ3v) is 3.88. The highest BCUT2D eigenvalue weighted by Gasteiger charge is 2.39. The molecular formula is C12H24N2. The van der Waals surface area contributed by atoms with E-state index in [0.717, 1.165) is 12.1 Å². The van der Waals surface area contributed by atoms with Gasteiger partial charge in [0.05, 0.1) is 0 Å². The zero-order valence-electron chi connectivity index (χ0n) is 10.1. The van der Waals surface area contributed by atoms with E-state index in [0.29, 0.717) is 5.54 Å². The second-order valence-corrected chi connectivity index (χ2v) is 5.96. The Morgan fingerprint density at radius 1 is 1.14 bits per heavy atom. The van der Waals surface area contributed by atoms with Crippen LogP contribution in [-0.4, -0.2) is 47.1 Å². The second kappa shape index (κ2) is 3.49. The molecule has 2 aliphatic heterocycles. The van der Waals surface area contributed by atoms with E-state index in [2.05, 4.69) is 37.5 Å². The Kier molecular flexibility index (Phi) is 2.61. The molecule has 0 unspecified atom stereocenters. The molecule has 2 nitrogen and oxygen atoms in total. The van der Waals surface area contributed by atoms with Crippen molar-refractivity contribution in [3.05, 3.63) is 0 Å². The standard InChI is InChI=1S/C12H24N2/c1-10-6-5-7-14(10)11-8-13(9-11)12(2,3)4/h10-11H,5-9H2,1-4H3/t10-/m1/s1. The minimum Gasteiger partial charge on any atom is -0.295 e. The fourth-order valence-electron chi connectivity index (χ4n) is 2.71. The normalized spacial score (nSPS) is 32.1. The van der Waals surface area contributed by atoms with E-state index in [1.54, 1.807) is 0 Å². The van der Waals surface area contributed by atoms with Crippen LogP contribution in [0, 0.1) is 0 Å². The van der Waals surface area contributed by atoms with E-state index in [-0.39, 0.29) is 0 Å². The molecule has 2 aliphatic rings. The highest BCUT2D eigenvalue weighted by molar-refractivity contribution is 4.96. The summed E-state index contributed by atoms with van der Waals surface area (Å²) < 4.78 is 0. The molecule has 0 bridgehead atoms. The molecular weight excluding hydrogens is 172 g/mol. The van der Waals surface area contributed by atoms with Gasteiger partial charge in [-0.3, -0.25) is 9.80 Å². The van der Waals surface area contributed by atoms with Crippen LogP contribution in [0.4, 0.5) is 0 Å². The van der Waals surface area contributed by atoms with Crippen molar-refractivity contribution < 1.29 is 0 Å². The first-order valence-corrected chi connectivity index (χ1v) is 5.99. The lowest BCUT2D eigenvalue weighted by atomic mass is 9.96. The summed E-state index contributed by atoms with van der Waals surface area (Å²) in [5, 5.41) is 0. The van der Waals surface area contributed by atoms with Crippen LogP contribution in [0.15, 0.2) is 0 Å². The van der Waals surface area contributed by atoms with Crippen molar-refractivity contribution in [3.63, 3.8) is 0 Å². The Hall–Kier alpha value is -0.0800. The summed E-state index contributed by atoms with van der Waals surface area (Å²) in [5.41, 5.74) is 0.374. The first kappa shape index (κ1) is 10.4. The van der Waals surface area contributed by atoms with Crippen LogP contribution in [0.3, 0.4) is 0 Å². The van der Waals surface area contributed by atoms with Gasteiger partial charge in [-0.1, -0.05) is 0 Å². The van der Waals surface area contributed by atoms with Crippen molar-refractivity contribution >= 4 is 0 Å². The van der Waals surface area contributed by atoms with Crippen molar-refractivity contribution in [2.24, 2.45) is 0 Å². The molecule has 1 atom stereocenters. The minimum atomic E-state index is 0.374. The Morgan fingerprint density at radius 2 is 1.79 bits per heavy atom. The number of hydrogen-bond donors (Lipinski definition) is 0. The molecule has 0 N–H and O–H groups in total. The van der Waals surface area contributed by atoms with Crippen LogP contribution >= 0.6 is 0 Å². The molecule has 0 aliphatic carbocycles. The summed E-state index contributed by atoms with van der Waals surface area (Å²) in [6.45, 7) is 13.2. The number of likely N-dealkylation sites (tertiary alicyclic amines) is 2. The molecule has 0 aromatic carbocycles. The van der Waals surface area contributed by atoms with Crippen LogP contribution in [-0.2, 0) is 0 Å². The molecule has 0 spiro atoms. The number of rotatable bonds is 1. The van der Waals surface area contributed by atoms with E-state index < -0.39 is 0 Å². The van der Waals surface area contributed by atoms with Gasteiger partial charge in [0.1, 0.15) is 0 Å². The van der Waals surface area contributed by atoms with Gasteiger partial charge in [-0.2, -0.15) is 0 Å². The third kappa shape index (κ3) is 1.82. The SMILES string of the molecule is C[C@@H]1CCCN1C1CN(C(C)(C)C)C1. The second-order valence-electron chi connectivity index (χ2n) is 5.96. The van der Waals surface area contributed by atoms with E-state index in [1.807, 2.05) is 0 Å². The van der Waals surface area contributed by atoms with Crippen molar-refractivity contribution in [1.82, 2.24) is 9.80 Å². The van der Waals surface area contributed by atoms with Crippen LogP contribution in [0.5, 0.6) is 0 Å². The molecule has 0 saturated carbocycles. The smallest absolute Gasteiger partial charge is 0.0353 e. The third-order valence-electron chi connectivity index (χ3n) is 3.88. The zero-order chi connectivity index (χ0) is 10.3. The summed E-state index contributed by atoms with van der Waals surface area (Å²) in [4.78, 5) is 5.30. The lowest BCUT2D eigenvalue weighted by Crippen LogP contribution is -2.64. The van der Waals surface area contributed by atoms with Gasteiger partial charge in [-0.25, -0.2) is 0 Å². The lowest BCUT2D eigenvalue weighted by molar-refractivity contribution is -0.0246. The van der Waals surface area contributed by atoms with Crippen molar-refractivity contribution in [1.29, 1.82) is 0 Å². The largest absolute Gasteiger partial charge is 0.295 e. The van der Waals surface area contributed by atoms with Crippen molar-refractivity contribution in [2.45, 2.75) is 58.2 Å². The Labute approximate surface area is 88.3 Å². The topological polar surface area (TPSA) is 6.48 Å². The van der Waals surface area contributed by atoms with Crippen LogP contribution in [0.2, 0.25) is 0 Å². The molecule has 2 heteroatoms. The average Bonchev–Trinajstić information content (AvgIpc) is 2.30. The number of nitrogens with zero attached hydrogens (tertiary/aromatic N) is 2. The summed E-state index contributed by atoms with van der Waals surface area (Å²) >= 11 is 0. The summed E-state index contributed by atoms with van der Waals surface area (Å²) in [5.74, 6) is 0. The quantitative estimate of drug-likeness (QED) is 0.632. The molecule has 0 amide bonds. The zero-order valence-corrected chi connectivity index (χ0v) is 10.1. The Balaban J connectivity index is 1.83. The molecule has 0 aromatic heterocycles. The van der Waals surface area contributed by atoms with Crippen molar-refractivity contribution in [3.8, 4) is 0 Å². The van der Waals surface area contributed by atoms with Gasteiger partial charge in [0.2, 0.25) is 0 Å². The maximum atomic E-state index is 2.71. The Morgan fingerprint density at radius 3 is 2.21 bits per heavy atom. The van der Waals surface area contributed by atoms with E-state index >= 15 is 0 Å². The van der Waals surface area contributed by atoms with Crippen LogP contribution in [0.25, 0.3) is 0 Å². The van der Waals surface area contributed by atoms with Gasteiger partial charge >= 0.3 is 0 Å². The van der Waals surface area contributed by atoms with Gasteiger partial charge < -0.3 is 0 Å². The van der Waals surface area contributed by atoms with Gasteiger partial charge in [0.15, 0.2) is 0 Å². The van der Waals surface area contributed by atoms with E-state index in [1.165, 1.54) is 32.5 Å². The highest BCUT2D eigenvalue weighted by Crippen LogP contribution is 2.28. The predicted molar refractivity (Wildman–Crippen MR) is 60.5 cm³/mol. The van der Waals surface area contributed by atoms with Crippen molar-refractivity contribution in [2.75, 3.05) is 19.6 Å². The molecule has 14 heavy (non-hydrogen) atoms. The monoisotopic (exact) mass is 196 g/mol. The predicted octanol–water partition coefficient (Wildman–Crippen LogP) is 1.95. The molecule has 0 aromatic rings. The summed E-state index contributed by atoms with van der Waals surface area (Å²) in [6.07, 6.45) is 2.82. The fourth-order valence-corrected chi connectivity index (χ4v) is 2.71. The molecule has 2 fully saturated rings. The summed E-state index contributed by atoms with van der Waals surface area (Å²) in [7, 11) is 0. The van der Waals surface area contributed by atoms with E-state index in [9.17, 15) is 0 Å². The lowest BCUT2D eigenvalue weighted by Gasteiger charge is -2.51. The summed E-state index contributed by atoms with van der Waals surface area (Å²) in [6, 6.07) is 1.69. The number of hydrogen-bond acceptors (Lipinski definition) is 2.